The van der Waals surface area contributed by atoms with Crippen LogP contribution in [0.25, 0.3) is 0 Å². The van der Waals surface area contributed by atoms with Crippen molar-refractivity contribution in [3.63, 3.8) is 0 Å². The van der Waals surface area contributed by atoms with Gasteiger partial charge in [0.05, 0.1) is 5.60 Å². The first-order chi connectivity index (χ1) is 8.70. The summed E-state index contributed by atoms with van der Waals surface area (Å²) in [5, 5.41) is 6.50. The Labute approximate surface area is 109 Å². The fourth-order valence-corrected chi connectivity index (χ4v) is 3.59. The molecule has 1 aliphatic heterocycles. The molecule has 1 unspecified atom stereocenters. The summed E-state index contributed by atoms with van der Waals surface area (Å²) >= 11 is 0. The Morgan fingerprint density at radius 1 is 1.33 bits per heavy atom. The third kappa shape index (κ3) is 2.05. The lowest BCUT2D eigenvalue weighted by Gasteiger charge is -2.40. The molecule has 4 heteroatoms. The minimum Gasteiger partial charge on any atom is -0.376 e. The maximum Gasteiger partial charge on any atom is 0.223 e. The quantitative estimate of drug-likeness (QED) is 0.786. The highest BCUT2D eigenvalue weighted by Gasteiger charge is 2.57. The highest BCUT2D eigenvalue weighted by Crippen LogP contribution is 2.58. The molecule has 0 bridgehead atoms. The maximum absolute atomic E-state index is 12.2. The monoisotopic (exact) mass is 252 g/mol. The SMILES string of the molecule is COC1(CNC(=O)C2CC23CCNCC3)CCC1. The molecule has 1 heterocycles. The van der Waals surface area contributed by atoms with Gasteiger partial charge >= 0.3 is 0 Å². The van der Waals surface area contributed by atoms with Crippen molar-refractivity contribution in [1.29, 1.82) is 0 Å². The Balaban J connectivity index is 1.48. The van der Waals surface area contributed by atoms with E-state index in [9.17, 15) is 4.79 Å². The van der Waals surface area contributed by atoms with Crippen molar-refractivity contribution in [3.05, 3.63) is 0 Å². The number of hydrogen-bond acceptors (Lipinski definition) is 3. The van der Waals surface area contributed by atoms with E-state index in [1.54, 1.807) is 7.11 Å². The van der Waals surface area contributed by atoms with Crippen LogP contribution in [0.4, 0.5) is 0 Å². The Bertz CT molecular complexity index is 327. The van der Waals surface area contributed by atoms with Crippen LogP contribution in [0.15, 0.2) is 0 Å². The fraction of sp³-hybridized carbons (Fsp3) is 0.929. The van der Waals surface area contributed by atoms with Gasteiger partial charge in [-0.05, 0) is 57.0 Å². The van der Waals surface area contributed by atoms with Crippen molar-refractivity contribution in [2.45, 2.75) is 44.1 Å². The summed E-state index contributed by atoms with van der Waals surface area (Å²) in [6.07, 6.45) is 6.83. The molecule has 0 aromatic rings. The van der Waals surface area contributed by atoms with Crippen LogP contribution in [-0.4, -0.2) is 38.3 Å². The first-order valence-corrected chi connectivity index (χ1v) is 7.23. The molecular formula is C14H24N2O2. The topological polar surface area (TPSA) is 50.4 Å². The molecule has 0 aromatic carbocycles. The molecule has 3 fully saturated rings. The minimum absolute atomic E-state index is 0.0498. The summed E-state index contributed by atoms with van der Waals surface area (Å²) in [6, 6.07) is 0. The van der Waals surface area contributed by atoms with Crippen LogP contribution in [0.2, 0.25) is 0 Å². The van der Waals surface area contributed by atoms with E-state index in [1.807, 2.05) is 0 Å². The second-order valence-electron chi connectivity index (χ2n) is 6.33. The lowest BCUT2D eigenvalue weighted by Crippen LogP contribution is -2.50. The molecule has 18 heavy (non-hydrogen) atoms. The van der Waals surface area contributed by atoms with Gasteiger partial charge in [0.25, 0.3) is 0 Å². The average Bonchev–Trinajstić information content (AvgIpc) is 3.03. The van der Waals surface area contributed by atoms with Crippen LogP contribution in [0, 0.1) is 11.3 Å². The highest BCUT2D eigenvalue weighted by molar-refractivity contribution is 5.82. The minimum atomic E-state index is -0.0498. The van der Waals surface area contributed by atoms with Gasteiger partial charge in [-0.25, -0.2) is 0 Å². The number of nitrogens with one attached hydrogen (secondary N) is 2. The zero-order valence-electron chi connectivity index (χ0n) is 11.3. The van der Waals surface area contributed by atoms with E-state index in [0.717, 1.165) is 32.4 Å². The summed E-state index contributed by atoms with van der Waals surface area (Å²) in [6.45, 7) is 2.85. The molecule has 1 saturated heterocycles. The summed E-state index contributed by atoms with van der Waals surface area (Å²) in [4.78, 5) is 12.2. The van der Waals surface area contributed by atoms with Crippen molar-refractivity contribution in [2.24, 2.45) is 11.3 Å². The normalized spacial score (nSPS) is 31.7. The summed E-state index contributed by atoms with van der Waals surface area (Å²) < 4.78 is 5.54. The van der Waals surface area contributed by atoms with Gasteiger partial charge in [0, 0.05) is 19.6 Å². The first kappa shape index (κ1) is 12.4. The number of carbonyl (C=O) groups is 1. The Kier molecular flexibility index (Phi) is 3.10. The third-order valence-corrected chi connectivity index (χ3v) is 5.39. The van der Waals surface area contributed by atoms with Gasteiger partial charge in [-0.15, -0.1) is 0 Å². The van der Waals surface area contributed by atoms with Gasteiger partial charge in [-0.1, -0.05) is 0 Å². The van der Waals surface area contributed by atoms with E-state index < -0.39 is 0 Å². The average molecular weight is 252 g/mol. The van der Waals surface area contributed by atoms with E-state index >= 15 is 0 Å². The Hall–Kier alpha value is -0.610. The van der Waals surface area contributed by atoms with Crippen LogP contribution >= 0.6 is 0 Å². The van der Waals surface area contributed by atoms with Crippen molar-refractivity contribution in [1.82, 2.24) is 10.6 Å². The molecule has 2 aliphatic carbocycles. The smallest absolute Gasteiger partial charge is 0.223 e. The van der Waals surface area contributed by atoms with Crippen LogP contribution in [-0.2, 0) is 9.53 Å². The number of hydrogen-bond donors (Lipinski definition) is 2. The second kappa shape index (κ2) is 4.49. The molecule has 3 aliphatic rings. The van der Waals surface area contributed by atoms with E-state index in [-0.39, 0.29) is 17.4 Å². The van der Waals surface area contributed by atoms with Crippen LogP contribution in [0.3, 0.4) is 0 Å². The largest absolute Gasteiger partial charge is 0.376 e. The molecule has 0 radical (unpaired) electrons. The zero-order chi connectivity index (χ0) is 12.6. The number of ether oxygens (including phenoxy) is 1. The molecule has 1 amide bonds. The Morgan fingerprint density at radius 3 is 2.61 bits per heavy atom. The van der Waals surface area contributed by atoms with Crippen molar-refractivity contribution >= 4 is 5.91 Å². The molecule has 2 saturated carbocycles. The van der Waals surface area contributed by atoms with E-state index in [2.05, 4.69) is 10.6 Å². The van der Waals surface area contributed by atoms with Crippen molar-refractivity contribution in [2.75, 3.05) is 26.7 Å². The lowest BCUT2D eigenvalue weighted by atomic mass is 9.80. The number of rotatable bonds is 4. The van der Waals surface area contributed by atoms with E-state index in [0.29, 0.717) is 12.0 Å². The second-order valence-corrected chi connectivity index (χ2v) is 6.33. The molecular weight excluding hydrogens is 228 g/mol. The fourth-order valence-electron chi connectivity index (χ4n) is 3.59. The zero-order valence-corrected chi connectivity index (χ0v) is 11.3. The molecule has 1 atom stereocenters. The Morgan fingerprint density at radius 2 is 2.06 bits per heavy atom. The summed E-state index contributed by atoms with van der Waals surface area (Å²) in [7, 11) is 1.76. The summed E-state index contributed by atoms with van der Waals surface area (Å²) in [5.41, 5.74) is 0.293. The van der Waals surface area contributed by atoms with Gasteiger partial charge in [-0.3, -0.25) is 4.79 Å². The van der Waals surface area contributed by atoms with Crippen molar-refractivity contribution in [3.8, 4) is 0 Å². The van der Waals surface area contributed by atoms with Gasteiger partial charge in [0.15, 0.2) is 0 Å². The van der Waals surface area contributed by atoms with Gasteiger partial charge in [0.1, 0.15) is 0 Å². The molecule has 1 spiro atoms. The molecule has 0 aromatic heterocycles. The van der Waals surface area contributed by atoms with E-state index in [4.69, 9.17) is 4.74 Å². The molecule has 102 valence electrons. The third-order valence-electron chi connectivity index (χ3n) is 5.39. The number of carbonyl (C=O) groups excluding carboxylic acids is 1. The van der Waals surface area contributed by atoms with Gasteiger partial charge < -0.3 is 15.4 Å². The highest BCUT2D eigenvalue weighted by atomic mass is 16.5. The van der Waals surface area contributed by atoms with E-state index in [1.165, 1.54) is 19.3 Å². The summed E-state index contributed by atoms with van der Waals surface area (Å²) in [5.74, 6) is 0.536. The van der Waals surface area contributed by atoms with Crippen LogP contribution < -0.4 is 10.6 Å². The standard InChI is InChI=1S/C14H24N2O2/c1-18-14(3-2-4-14)10-16-12(17)11-9-13(11)5-7-15-8-6-13/h11,15H,2-10H2,1H3,(H,16,17). The first-order valence-electron chi connectivity index (χ1n) is 7.23. The predicted octanol–water partition coefficient (Wildman–Crippen LogP) is 1.06. The van der Waals surface area contributed by atoms with Crippen LogP contribution in [0.5, 0.6) is 0 Å². The molecule has 4 nitrogen and oxygen atoms in total. The lowest BCUT2D eigenvalue weighted by molar-refractivity contribution is -0.127. The van der Waals surface area contributed by atoms with Crippen molar-refractivity contribution < 1.29 is 9.53 Å². The number of amides is 1. The van der Waals surface area contributed by atoms with Crippen LogP contribution in [0.1, 0.15) is 38.5 Å². The van der Waals surface area contributed by atoms with Gasteiger partial charge in [0.2, 0.25) is 5.91 Å². The molecule has 3 rings (SSSR count). The number of methoxy groups -OCH3 is 1. The predicted molar refractivity (Wildman–Crippen MR) is 69.2 cm³/mol. The maximum atomic E-state index is 12.2. The molecule has 2 N–H and O–H groups in total. The van der Waals surface area contributed by atoms with Gasteiger partial charge in [-0.2, -0.15) is 0 Å². The number of piperidine rings is 1.